The molecule has 0 amide bonds. The van der Waals surface area contributed by atoms with E-state index in [4.69, 9.17) is 16.3 Å². The lowest BCUT2D eigenvalue weighted by molar-refractivity contribution is -0.145. The summed E-state index contributed by atoms with van der Waals surface area (Å²) in [6.07, 6.45) is 0.780. The first kappa shape index (κ1) is 18.9. The Labute approximate surface area is 137 Å². The zero-order valence-electron chi connectivity index (χ0n) is 13.1. The van der Waals surface area contributed by atoms with Crippen molar-refractivity contribution in [3.63, 3.8) is 0 Å². The molecule has 0 aromatic heterocycles. The van der Waals surface area contributed by atoms with Crippen LogP contribution in [0.1, 0.15) is 33.6 Å². The Morgan fingerprint density at radius 1 is 1.27 bits per heavy atom. The number of benzene rings is 1. The standard InChI is InChI=1S/C15H22ClNO4S/c1-4-21-14(18)11-15(2,3)9-10-17-22(19,20)13-7-5-12(16)6-8-13/h5-8,17H,4,9-11H2,1-3H3. The largest absolute Gasteiger partial charge is 0.466 e. The van der Waals surface area contributed by atoms with E-state index in [0.29, 0.717) is 18.1 Å². The maximum Gasteiger partial charge on any atom is 0.306 e. The molecule has 0 atom stereocenters. The minimum absolute atomic E-state index is 0.167. The molecule has 5 nitrogen and oxygen atoms in total. The van der Waals surface area contributed by atoms with E-state index in [2.05, 4.69) is 4.72 Å². The topological polar surface area (TPSA) is 72.5 Å². The number of carbonyl (C=O) groups is 1. The summed E-state index contributed by atoms with van der Waals surface area (Å²) in [6, 6.07) is 5.96. The van der Waals surface area contributed by atoms with Gasteiger partial charge in [0.2, 0.25) is 10.0 Å². The molecule has 0 saturated carbocycles. The van der Waals surface area contributed by atoms with Gasteiger partial charge in [0.1, 0.15) is 0 Å². The zero-order chi connectivity index (χ0) is 16.8. The fourth-order valence-electron chi connectivity index (χ4n) is 1.91. The molecule has 1 aromatic rings. The van der Waals surface area contributed by atoms with E-state index in [1.54, 1.807) is 6.92 Å². The SMILES string of the molecule is CCOC(=O)CC(C)(C)CCNS(=O)(=O)c1ccc(Cl)cc1. The summed E-state index contributed by atoms with van der Waals surface area (Å²) in [5, 5.41) is 0.481. The first-order valence-electron chi connectivity index (χ1n) is 7.07. The van der Waals surface area contributed by atoms with E-state index in [9.17, 15) is 13.2 Å². The lowest BCUT2D eigenvalue weighted by Crippen LogP contribution is -2.29. The van der Waals surface area contributed by atoms with Crippen LogP contribution in [0, 0.1) is 5.41 Å². The summed E-state index contributed by atoms with van der Waals surface area (Å²) >= 11 is 5.74. The third-order valence-electron chi connectivity index (χ3n) is 3.15. The number of hydrogen-bond acceptors (Lipinski definition) is 4. The monoisotopic (exact) mass is 347 g/mol. The maximum atomic E-state index is 12.1. The predicted octanol–water partition coefficient (Wildman–Crippen LogP) is 2.99. The molecule has 0 saturated heterocycles. The summed E-state index contributed by atoms with van der Waals surface area (Å²) in [6.45, 7) is 6.15. The summed E-state index contributed by atoms with van der Waals surface area (Å²) < 4.78 is 31.7. The first-order valence-corrected chi connectivity index (χ1v) is 8.93. The van der Waals surface area contributed by atoms with Crippen molar-refractivity contribution in [2.24, 2.45) is 5.41 Å². The number of carbonyl (C=O) groups excluding carboxylic acids is 1. The molecule has 0 aliphatic carbocycles. The third kappa shape index (κ3) is 6.34. The second kappa shape index (κ2) is 7.94. The van der Waals surface area contributed by atoms with Crippen LogP contribution in [0.15, 0.2) is 29.2 Å². The molecule has 1 aromatic carbocycles. The Kier molecular flexibility index (Phi) is 6.84. The number of rotatable bonds is 8. The normalized spacial score (nSPS) is 12.2. The second-order valence-corrected chi connectivity index (χ2v) is 7.95. The molecule has 0 aliphatic rings. The number of sulfonamides is 1. The number of hydrogen-bond donors (Lipinski definition) is 1. The van der Waals surface area contributed by atoms with Crippen LogP contribution in [0.4, 0.5) is 0 Å². The lowest BCUT2D eigenvalue weighted by atomic mass is 9.86. The van der Waals surface area contributed by atoms with E-state index in [-0.39, 0.29) is 29.2 Å². The number of esters is 1. The zero-order valence-corrected chi connectivity index (χ0v) is 14.6. The van der Waals surface area contributed by atoms with Gasteiger partial charge in [-0.3, -0.25) is 4.79 Å². The van der Waals surface area contributed by atoms with Gasteiger partial charge in [0.25, 0.3) is 0 Å². The van der Waals surface area contributed by atoms with Crippen LogP contribution < -0.4 is 4.72 Å². The van der Waals surface area contributed by atoms with Crippen LogP contribution in [0.25, 0.3) is 0 Å². The fraction of sp³-hybridized carbons (Fsp3) is 0.533. The van der Waals surface area contributed by atoms with Gasteiger partial charge in [-0.1, -0.05) is 25.4 Å². The number of nitrogens with one attached hydrogen (secondary N) is 1. The van der Waals surface area contributed by atoms with Crippen LogP contribution in [0.2, 0.25) is 5.02 Å². The van der Waals surface area contributed by atoms with Crippen molar-refractivity contribution in [3.8, 4) is 0 Å². The summed E-state index contributed by atoms with van der Waals surface area (Å²) in [4.78, 5) is 11.7. The molecule has 0 heterocycles. The molecule has 0 radical (unpaired) electrons. The summed E-state index contributed by atoms with van der Waals surface area (Å²) in [5.74, 6) is -0.270. The van der Waals surface area contributed by atoms with Gasteiger partial charge in [0.15, 0.2) is 0 Å². The molecule has 22 heavy (non-hydrogen) atoms. The third-order valence-corrected chi connectivity index (χ3v) is 4.87. The predicted molar refractivity (Wildman–Crippen MR) is 86.3 cm³/mol. The van der Waals surface area contributed by atoms with Gasteiger partial charge in [-0.2, -0.15) is 0 Å². The molecule has 0 unspecified atom stereocenters. The average molecular weight is 348 g/mol. The van der Waals surface area contributed by atoms with Gasteiger partial charge in [-0.25, -0.2) is 13.1 Å². The van der Waals surface area contributed by atoms with E-state index in [1.165, 1.54) is 24.3 Å². The van der Waals surface area contributed by atoms with Crippen molar-refractivity contribution in [3.05, 3.63) is 29.3 Å². The maximum absolute atomic E-state index is 12.1. The van der Waals surface area contributed by atoms with Gasteiger partial charge < -0.3 is 4.74 Å². The first-order chi connectivity index (χ1) is 10.2. The Morgan fingerprint density at radius 2 is 1.86 bits per heavy atom. The van der Waals surface area contributed by atoms with Gasteiger partial charge >= 0.3 is 5.97 Å². The van der Waals surface area contributed by atoms with Gasteiger partial charge in [-0.05, 0) is 43.0 Å². The molecule has 1 rings (SSSR count). The van der Waals surface area contributed by atoms with Crippen LogP contribution in [-0.4, -0.2) is 27.5 Å². The van der Waals surface area contributed by atoms with Crippen LogP contribution in [-0.2, 0) is 19.6 Å². The summed E-state index contributed by atoms with van der Waals surface area (Å²) in [5.41, 5.74) is -0.339. The van der Waals surface area contributed by atoms with Crippen molar-refractivity contribution < 1.29 is 17.9 Å². The summed E-state index contributed by atoms with van der Waals surface area (Å²) in [7, 11) is -3.56. The van der Waals surface area contributed by atoms with Crippen molar-refractivity contribution in [1.82, 2.24) is 4.72 Å². The highest BCUT2D eigenvalue weighted by atomic mass is 35.5. The van der Waals surface area contributed by atoms with Crippen molar-refractivity contribution in [2.75, 3.05) is 13.2 Å². The smallest absolute Gasteiger partial charge is 0.306 e. The molecule has 0 bridgehead atoms. The van der Waals surface area contributed by atoms with E-state index >= 15 is 0 Å². The van der Waals surface area contributed by atoms with E-state index < -0.39 is 10.0 Å². The highest BCUT2D eigenvalue weighted by molar-refractivity contribution is 7.89. The highest BCUT2D eigenvalue weighted by Crippen LogP contribution is 2.25. The minimum atomic E-state index is -3.56. The van der Waals surface area contributed by atoms with Crippen molar-refractivity contribution in [2.45, 2.75) is 38.5 Å². The van der Waals surface area contributed by atoms with Crippen molar-refractivity contribution in [1.29, 1.82) is 0 Å². The quantitative estimate of drug-likeness (QED) is 0.734. The second-order valence-electron chi connectivity index (χ2n) is 5.75. The Morgan fingerprint density at radius 3 is 2.41 bits per heavy atom. The Bertz CT molecular complexity index is 596. The van der Waals surface area contributed by atoms with Crippen LogP contribution in [0.5, 0.6) is 0 Å². The number of ether oxygens (including phenoxy) is 1. The highest BCUT2D eigenvalue weighted by Gasteiger charge is 2.23. The van der Waals surface area contributed by atoms with E-state index in [0.717, 1.165) is 0 Å². The lowest BCUT2D eigenvalue weighted by Gasteiger charge is -2.23. The fourth-order valence-corrected chi connectivity index (χ4v) is 3.07. The molecular formula is C15H22ClNO4S. The van der Waals surface area contributed by atoms with Gasteiger partial charge in [0, 0.05) is 11.6 Å². The molecule has 0 spiro atoms. The van der Waals surface area contributed by atoms with Crippen LogP contribution >= 0.6 is 11.6 Å². The van der Waals surface area contributed by atoms with Crippen molar-refractivity contribution >= 4 is 27.6 Å². The number of halogens is 1. The molecule has 7 heteroatoms. The minimum Gasteiger partial charge on any atom is -0.466 e. The van der Waals surface area contributed by atoms with Gasteiger partial charge in [0.05, 0.1) is 17.9 Å². The molecule has 124 valence electrons. The van der Waals surface area contributed by atoms with Gasteiger partial charge in [-0.15, -0.1) is 0 Å². The van der Waals surface area contributed by atoms with E-state index in [1.807, 2.05) is 13.8 Å². The molecular weight excluding hydrogens is 326 g/mol. The molecule has 1 N–H and O–H groups in total. The Balaban J connectivity index is 2.55. The Hall–Kier alpha value is -1.11. The average Bonchev–Trinajstić information content (AvgIpc) is 2.38. The van der Waals surface area contributed by atoms with Crippen LogP contribution in [0.3, 0.4) is 0 Å². The molecule has 0 aliphatic heterocycles. The molecule has 0 fully saturated rings.